The van der Waals surface area contributed by atoms with Gasteiger partial charge in [-0.1, -0.05) is 54.1 Å². The second-order valence-electron chi connectivity index (χ2n) is 7.95. The predicted octanol–water partition coefficient (Wildman–Crippen LogP) is 3.98. The van der Waals surface area contributed by atoms with E-state index in [0.717, 1.165) is 29.2 Å². The fraction of sp³-hybridized carbons (Fsp3) is 0.292. The van der Waals surface area contributed by atoms with Crippen LogP contribution in [0, 0.1) is 12.8 Å². The van der Waals surface area contributed by atoms with Crippen molar-refractivity contribution in [2.45, 2.75) is 24.7 Å². The lowest BCUT2D eigenvalue weighted by molar-refractivity contribution is 0.0678. The van der Waals surface area contributed by atoms with Crippen LogP contribution in [0.25, 0.3) is 10.8 Å². The average Bonchev–Trinajstić information content (AvgIpc) is 2.77. The molecule has 5 nitrogen and oxygen atoms in total. The first-order valence-corrected chi connectivity index (χ1v) is 11.8. The van der Waals surface area contributed by atoms with Gasteiger partial charge in [0, 0.05) is 25.2 Å². The van der Waals surface area contributed by atoms with E-state index in [1.165, 1.54) is 0 Å². The maximum absolute atomic E-state index is 13.2. The fourth-order valence-corrected chi connectivity index (χ4v) is 5.14. The third-order valence-corrected chi connectivity index (χ3v) is 7.16. The number of benzene rings is 3. The molecule has 3 aromatic carbocycles. The SMILES string of the molecule is Cc1ccc(S(=O)(=O)NCC2CCCN(C(=O)c3cccc4ccccc34)C2)cc1. The number of hydrogen-bond donors (Lipinski definition) is 1. The van der Waals surface area contributed by atoms with Crippen molar-refractivity contribution in [2.75, 3.05) is 19.6 Å². The van der Waals surface area contributed by atoms with Gasteiger partial charge in [-0.2, -0.15) is 0 Å². The Labute approximate surface area is 177 Å². The zero-order valence-corrected chi connectivity index (χ0v) is 17.9. The summed E-state index contributed by atoms with van der Waals surface area (Å²) in [5.41, 5.74) is 1.72. The molecule has 0 radical (unpaired) electrons. The molecule has 1 amide bonds. The maximum Gasteiger partial charge on any atom is 0.254 e. The van der Waals surface area contributed by atoms with Crippen LogP contribution < -0.4 is 4.72 Å². The van der Waals surface area contributed by atoms with Crippen molar-refractivity contribution in [1.82, 2.24) is 9.62 Å². The molecule has 1 aliphatic heterocycles. The number of amides is 1. The molecule has 156 valence electrons. The Bertz CT molecular complexity index is 1150. The lowest BCUT2D eigenvalue weighted by atomic mass is 9.96. The van der Waals surface area contributed by atoms with Gasteiger partial charge in [-0.05, 0) is 54.7 Å². The van der Waals surface area contributed by atoms with Crippen LogP contribution >= 0.6 is 0 Å². The number of likely N-dealkylation sites (tertiary alicyclic amines) is 1. The number of nitrogens with one attached hydrogen (secondary N) is 1. The number of nitrogens with zero attached hydrogens (tertiary/aromatic N) is 1. The molecule has 1 aliphatic rings. The second-order valence-corrected chi connectivity index (χ2v) is 9.72. The van der Waals surface area contributed by atoms with Gasteiger partial charge in [-0.3, -0.25) is 4.79 Å². The van der Waals surface area contributed by atoms with E-state index in [-0.39, 0.29) is 16.7 Å². The van der Waals surface area contributed by atoms with Crippen LogP contribution in [-0.2, 0) is 10.0 Å². The molecule has 0 aromatic heterocycles. The number of hydrogen-bond acceptors (Lipinski definition) is 3. The second kappa shape index (κ2) is 8.58. The monoisotopic (exact) mass is 422 g/mol. The van der Waals surface area contributed by atoms with Gasteiger partial charge in [-0.15, -0.1) is 0 Å². The van der Waals surface area contributed by atoms with E-state index in [0.29, 0.717) is 25.2 Å². The Balaban J connectivity index is 1.44. The number of carbonyl (C=O) groups excluding carboxylic acids is 1. The summed E-state index contributed by atoms with van der Waals surface area (Å²) in [5.74, 6) is 0.107. The molecule has 1 fully saturated rings. The minimum absolute atomic E-state index is 0.0119. The van der Waals surface area contributed by atoms with Gasteiger partial charge in [-0.25, -0.2) is 13.1 Å². The highest BCUT2D eigenvalue weighted by Crippen LogP contribution is 2.23. The summed E-state index contributed by atoms with van der Waals surface area (Å²) in [7, 11) is -3.55. The first kappa shape index (κ1) is 20.6. The molecule has 0 saturated carbocycles. The molecule has 6 heteroatoms. The Morgan fingerprint density at radius 1 is 1.03 bits per heavy atom. The number of sulfonamides is 1. The molecule has 0 bridgehead atoms. The number of piperidine rings is 1. The Morgan fingerprint density at radius 2 is 1.77 bits per heavy atom. The van der Waals surface area contributed by atoms with E-state index in [2.05, 4.69) is 4.72 Å². The number of carbonyl (C=O) groups is 1. The first-order chi connectivity index (χ1) is 14.4. The minimum atomic E-state index is -3.55. The summed E-state index contributed by atoms with van der Waals surface area (Å²) >= 11 is 0. The van der Waals surface area contributed by atoms with E-state index < -0.39 is 10.0 Å². The number of rotatable bonds is 5. The van der Waals surface area contributed by atoms with Crippen molar-refractivity contribution in [3.05, 3.63) is 77.9 Å². The molecular weight excluding hydrogens is 396 g/mol. The topological polar surface area (TPSA) is 66.5 Å². The van der Waals surface area contributed by atoms with Crippen molar-refractivity contribution in [2.24, 2.45) is 5.92 Å². The molecule has 1 saturated heterocycles. The van der Waals surface area contributed by atoms with E-state index >= 15 is 0 Å². The van der Waals surface area contributed by atoms with E-state index in [1.54, 1.807) is 24.3 Å². The van der Waals surface area contributed by atoms with Gasteiger partial charge in [0.1, 0.15) is 0 Å². The molecule has 0 aliphatic carbocycles. The van der Waals surface area contributed by atoms with Gasteiger partial charge in [0.15, 0.2) is 0 Å². The van der Waals surface area contributed by atoms with Crippen molar-refractivity contribution < 1.29 is 13.2 Å². The van der Waals surface area contributed by atoms with E-state index in [9.17, 15) is 13.2 Å². The summed E-state index contributed by atoms with van der Waals surface area (Å²) in [6.07, 6.45) is 1.77. The van der Waals surface area contributed by atoms with Gasteiger partial charge < -0.3 is 4.90 Å². The zero-order valence-electron chi connectivity index (χ0n) is 17.0. The molecule has 3 aromatic rings. The van der Waals surface area contributed by atoms with Crippen LogP contribution in [0.3, 0.4) is 0 Å². The Hall–Kier alpha value is -2.70. The number of aryl methyl sites for hydroxylation is 1. The Kier molecular flexibility index (Phi) is 5.88. The minimum Gasteiger partial charge on any atom is -0.338 e. The molecule has 1 unspecified atom stereocenters. The summed E-state index contributed by atoms with van der Waals surface area (Å²) in [6, 6.07) is 20.5. The van der Waals surface area contributed by atoms with Crippen LogP contribution in [0.15, 0.2) is 71.6 Å². The summed E-state index contributed by atoms with van der Waals surface area (Å²) in [4.78, 5) is 15.3. The standard InChI is InChI=1S/C24H26N2O3S/c1-18-11-13-21(14-12-18)30(28,29)25-16-19-6-5-15-26(17-19)24(27)23-10-4-8-20-7-2-3-9-22(20)23/h2-4,7-14,19,25H,5-6,15-17H2,1H3. The van der Waals surface area contributed by atoms with Crippen LogP contribution in [0.1, 0.15) is 28.8 Å². The summed E-state index contributed by atoms with van der Waals surface area (Å²) < 4.78 is 27.9. The highest BCUT2D eigenvalue weighted by atomic mass is 32.2. The van der Waals surface area contributed by atoms with Crippen molar-refractivity contribution in [1.29, 1.82) is 0 Å². The molecule has 4 rings (SSSR count). The largest absolute Gasteiger partial charge is 0.338 e. The molecule has 30 heavy (non-hydrogen) atoms. The Morgan fingerprint density at radius 3 is 2.57 bits per heavy atom. The first-order valence-electron chi connectivity index (χ1n) is 10.3. The molecule has 1 N–H and O–H groups in total. The molecule has 0 spiro atoms. The third-order valence-electron chi connectivity index (χ3n) is 5.72. The van der Waals surface area contributed by atoms with Crippen LogP contribution in [0.4, 0.5) is 0 Å². The highest BCUT2D eigenvalue weighted by Gasteiger charge is 2.26. The quantitative estimate of drug-likeness (QED) is 0.676. The lowest BCUT2D eigenvalue weighted by Crippen LogP contribution is -2.43. The van der Waals surface area contributed by atoms with Crippen LogP contribution in [-0.4, -0.2) is 38.9 Å². The summed E-state index contributed by atoms with van der Waals surface area (Å²) in [5, 5.41) is 2.00. The molecule has 1 atom stereocenters. The lowest BCUT2D eigenvalue weighted by Gasteiger charge is -2.33. The van der Waals surface area contributed by atoms with Gasteiger partial charge in [0.05, 0.1) is 4.90 Å². The van der Waals surface area contributed by atoms with Crippen LogP contribution in [0.5, 0.6) is 0 Å². The molecular formula is C24H26N2O3S. The average molecular weight is 423 g/mol. The van der Waals surface area contributed by atoms with Crippen LogP contribution in [0.2, 0.25) is 0 Å². The van der Waals surface area contributed by atoms with Gasteiger partial charge in [0.25, 0.3) is 5.91 Å². The van der Waals surface area contributed by atoms with E-state index in [1.807, 2.05) is 54.3 Å². The fourth-order valence-electron chi connectivity index (χ4n) is 4.03. The van der Waals surface area contributed by atoms with E-state index in [4.69, 9.17) is 0 Å². The number of fused-ring (bicyclic) bond motifs is 1. The van der Waals surface area contributed by atoms with Crippen molar-refractivity contribution >= 4 is 26.7 Å². The highest BCUT2D eigenvalue weighted by molar-refractivity contribution is 7.89. The molecule has 1 heterocycles. The normalized spacial score (nSPS) is 17.2. The zero-order chi connectivity index (χ0) is 21.1. The van der Waals surface area contributed by atoms with Crippen molar-refractivity contribution in [3.8, 4) is 0 Å². The van der Waals surface area contributed by atoms with Gasteiger partial charge >= 0.3 is 0 Å². The summed E-state index contributed by atoms with van der Waals surface area (Å²) in [6.45, 7) is 3.50. The maximum atomic E-state index is 13.2. The smallest absolute Gasteiger partial charge is 0.254 e. The third kappa shape index (κ3) is 4.40. The van der Waals surface area contributed by atoms with Gasteiger partial charge in [0.2, 0.25) is 10.0 Å². The van der Waals surface area contributed by atoms with Crippen molar-refractivity contribution in [3.63, 3.8) is 0 Å². The predicted molar refractivity (Wildman–Crippen MR) is 119 cm³/mol.